The van der Waals surface area contributed by atoms with Gasteiger partial charge in [0.2, 0.25) is 0 Å². The third-order valence-electron chi connectivity index (χ3n) is 3.27. The van der Waals surface area contributed by atoms with Crippen molar-refractivity contribution in [3.8, 4) is 0 Å². The van der Waals surface area contributed by atoms with Gasteiger partial charge in [-0.3, -0.25) is 0 Å². The van der Waals surface area contributed by atoms with Gasteiger partial charge < -0.3 is 5.11 Å². The second-order valence-electron chi connectivity index (χ2n) is 4.29. The molecule has 0 spiro atoms. The molecule has 0 fully saturated rings. The number of fused-ring (bicyclic) bond motifs is 1. The summed E-state index contributed by atoms with van der Waals surface area (Å²) in [6.45, 7) is 2.17. The number of hydrogen-bond acceptors (Lipinski definition) is 1. The Kier molecular flexibility index (Phi) is 2.60. The van der Waals surface area contributed by atoms with E-state index in [4.69, 9.17) is 0 Å². The number of unbranched alkanes of at least 4 members (excludes halogenated alkanes) is 1. The van der Waals surface area contributed by atoms with E-state index in [1.54, 1.807) is 0 Å². The molecule has 0 radical (unpaired) electrons. The first-order chi connectivity index (χ1) is 6.76. The summed E-state index contributed by atoms with van der Waals surface area (Å²) in [5, 5.41) is 10.5. The molecule has 1 aliphatic carbocycles. The molecular weight excluding hydrogens is 172 g/mol. The highest BCUT2D eigenvalue weighted by Crippen LogP contribution is 2.40. The van der Waals surface area contributed by atoms with Crippen molar-refractivity contribution >= 4 is 0 Å². The van der Waals surface area contributed by atoms with Crippen molar-refractivity contribution in [2.75, 3.05) is 0 Å². The Morgan fingerprint density at radius 1 is 1.36 bits per heavy atom. The van der Waals surface area contributed by atoms with Crippen molar-refractivity contribution in [3.63, 3.8) is 0 Å². The SMILES string of the molecule is CCCCC1(O)CCc2ccccc21. The van der Waals surface area contributed by atoms with E-state index in [1.165, 1.54) is 11.1 Å². The number of aliphatic hydroxyl groups is 1. The number of aryl methyl sites for hydroxylation is 1. The summed E-state index contributed by atoms with van der Waals surface area (Å²) in [6, 6.07) is 8.31. The Morgan fingerprint density at radius 2 is 2.14 bits per heavy atom. The molecular formula is C13H18O. The normalized spacial score (nSPS) is 25.0. The van der Waals surface area contributed by atoms with Crippen molar-refractivity contribution in [2.24, 2.45) is 0 Å². The minimum atomic E-state index is -0.521. The largest absolute Gasteiger partial charge is 0.385 e. The standard InChI is InChI=1S/C13H18O/c1-2-3-9-13(14)10-8-11-6-4-5-7-12(11)13/h4-7,14H,2-3,8-10H2,1H3. The molecule has 1 unspecified atom stereocenters. The van der Waals surface area contributed by atoms with Gasteiger partial charge in [0.05, 0.1) is 5.60 Å². The molecule has 0 saturated heterocycles. The molecule has 1 N–H and O–H groups in total. The summed E-state index contributed by atoms with van der Waals surface area (Å²) in [6.07, 6.45) is 5.14. The van der Waals surface area contributed by atoms with Crippen LogP contribution in [0.4, 0.5) is 0 Å². The molecule has 1 aromatic rings. The van der Waals surface area contributed by atoms with Crippen LogP contribution in [0.1, 0.15) is 43.7 Å². The van der Waals surface area contributed by atoms with Crippen LogP contribution in [0.3, 0.4) is 0 Å². The molecule has 0 aliphatic heterocycles. The smallest absolute Gasteiger partial charge is 0.0902 e. The highest BCUT2D eigenvalue weighted by molar-refractivity contribution is 5.36. The Hall–Kier alpha value is -0.820. The second-order valence-corrected chi connectivity index (χ2v) is 4.29. The summed E-state index contributed by atoms with van der Waals surface area (Å²) in [5.41, 5.74) is 1.99. The maximum Gasteiger partial charge on any atom is 0.0902 e. The lowest BCUT2D eigenvalue weighted by molar-refractivity contribution is 0.0272. The molecule has 0 bridgehead atoms. The highest BCUT2D eigenvalue weighted by atomic mass is 16.3. The van der Waals surface area contributed by atoms with E-state index in [2.05, 4.69) is 25.1 Å². The van der Waals surface area contributed by atoms with Gasteiger partial charge in [-0.25, -0.2) is 0 Å². The molecule has 76 valence electrons. The minimum Gasteiger partial charge on any atom is -0.385 e. The summed E-state index contributed by atoms with van der Waals surface area (Å²) in [5.74, 6) is 0. The Balaban J connectivity index is 2.23. The second kappa shape index (κ2) is 3.74. The van der Waals surface area contributed by atoms with Crippen LogP contribution < -0.4 is 0 Å². The summed E-state index contributed by atoms with van der Waals surface area (Å²) in [7, 11) is 0. The zero-order valence-corrected chi connectivity index (χ0v) is 8.79. The van der Waals surface area contributed by atoms with Crippen molar-refractivity contribution in [1.29, 1.82) is 0 Å². The lowest BCUT2D eigenvalue weighted by Gasteiger charge is -2.23. The summed E-state index contributed by atoms with van der Waals surface area (Å²) >= 11 is 0. The molecule has 0 heterocycles. The van der Waals surface area contributed by atoms with Gasteiger partial charge in [-0.15, -0.1) is 0 Å². The number of rotatable bonds is 3. The van der Waals surface area contributed by atoms with Crippen molar-refractivity contribution < 1.29 is 5.11 Å². The fourth-order valence-corrected chi connectivity index (χ4v) is 2.40. The van der Waals surface area contributed by atoms with E-state index < -0.39 is 5.60 Å². The highest BCUT2D eigenvalue weighted by Gasteiger charge is 2.35. The lowest BCUT2D eigenvalue weighted by Crippen LogP contribution is -2.21. The lowest BCUT2D eigenvalue weighted by atomic mass is 9.90. The Morgan fingerprint density at radius 3 is 2.93 bits per heavy atom. The van der Waals surface area contributed by atoms with Crippen LogP contribution in [-0.4, -0.2) is 5.11 Å². The van der Waals surface area contributed by atoms with E-state index in [0.717, 1.165) is 32.1 Å². The Labute approximate surface area is 85.8 Å². The third kappa shape index (κ3) is 1.57. The van der Waals surface area contributed by atoms with Crippen LogP contribution in [0, 0.1) is 0 Å². The summed E-state index contributed by atoms with van der Waals surface area (Å²) in [4.78, 5) is 0. The van der Waals surface area contributed by atoms with E-state index in [0.29, 0.717) is 0 Å². The van der Waals surface area contributed by atoms with Crippen molar-refractivity contribution in [2.45, 2.75) is 44.6 Å². The van der Waals surface area contributed by atoms with Crippen LogP contribution in [-0.2, 0) is 12.0 Å². The molecule has 0 amide bonds. The van der Waals surface area contributed by atoms with Gasteiger partial charge in [0, 0.05) is 0 Å². The molecule has 14 heavy (non-hydrogen) atoms. The van der Waals surface area contributed by atoms with E-state index in [9.17, 15) is 5.11 Å². The first kappa shape index (κ1) is 9.72. The van der Waals surface area contributed by atoms with Gasteiger partial charge in [-0.05, 0) is 30.4 Å². The zero-order chi connectivity index (χ0) is 10.0. The maximum absolute atomic E-state index is 10.5. The van der Waals surface area contributed by atoms with Crippen LogP contribution in [0.15, 0.2) is 24.3 Å². The first-order valence-corrected chi connectivity index (χ1v) is 5.57. The van der Waals surface area contributed by atoms with Gasteiger partial charge in [0.1, 0.15) is 0 Å². The van der Waals surface area contributed by atoms with Crippen LogP contribution in [0.2, 0.25) is 0 Å². The predicted octanol–water partition coefficient (Wildman–Crippen LogP) is 3.01. The molecule has 1 nitrogen and oxygen atoms in total. The van der Waals surface area contributed by atoms with Crippen molar-refractivity contribution in [1.82, 2.24) is 0 Å². The molecule has 1 aliphatic rings. The quantitative estimate of drug-likeness (QED) is 0.776. The number of benzene rings is 1. The van der Waals surface area contributed by atoms with Crippen molar-refractivity contribution in [3.05, 3.63) is 35.4 Å². The molecule has 1 aromatic carbocycles. The van der Waals surface area contributed by atoms with Gasteiger partial charge in [0.15, 0.2) is 0 Å². The van der Waals surface area contributed by atoms with Crippen LogP contribution in [0.5, 0.6) is 0 Å². The van der Waals surface area contributed by atoms with Crippen LogP contribution >= 0.6 is 0 Å². The topological polar surface area (TPSA) is 20.2 Å². The average Bonchev–Trinajstić information content (AvgIpc) is 2.55. The monoisotopic (exact) mass is 190 g/mol. The van der Waals surface area contributed by atoms with E-state index in [-0.39, 0.29) is 0 Å². The molecule has 1 atom stereocenters. The molecule has 0 aromatic heterocycles. The van der Waals surface area contributed by atoms with E-state index in [1.807, 2.05) is 6.07 Å². The van der Waals surface area contributed by atoms with Gasteiger partial charge in [0.25, 0.3) is 0 Å². The zero-order valence-electron chi connectivity index (χ0n) is 8.79. The number of hydrogen-bond donors (Lipinski definition) is 1. The molecule has 0 saturated carbocycles. The van der Waals surface area contributed by atoms with Gasteiger partial charge in [-0.2, -0.15) is 0 Å². The minimum absolute atomic E-state index is 0.521. The van der Waals surface area contributed by atoms with Gasteiger partial charge in [-0.1, -0.05) is 44.0 Å². The fourth-order valence-electron chi connectivity index (χ4n) is 2.40. The average molecular weight is 190 g/mol. The first-order valence-electron chi connectivity index (χ1n) is 5.57. The van der Waals surface area contributed by atoms with E-state index >= 15 is 0 Å². The maximum atomic E-state index is 10.5. The van der Waals surface area contributed by atoms with Gasteiger partial charge >= 0.3 is 0 Å². The third-order valence-corrected chi connectivity index (χ3v) is 3.27. The molecule has 2 rings (SSSR count). The fraction of sp³-hybridized carbons (Fsp3) is 0.538. The van der Waals surface area contributed by atoms with Crippen LogP contribution in [0.25, 0.3) is 0 Å². The Bertz CT molecular complexity index is 319. The molecule has 1 heteroatoms. The summed E-state index contributed by atoms with van der Waals surface area (Å²) < 4.78 is 0. The predicted molar refractivity (Wildman–Crippen MR) is 58.2 cm³/mol.